The highest BCUT2D eigenvalue weighted by molar-refractivity contribution is 6.04. The molecule has 0 unspecified atom stereocenters. The number of rotatable bonds is 6. The van der Waals surface area contributed by atoms with E-state index in [1.807, 2.05) is 0 Å². The summed E-state index contributed by atoms with van der Waals surface area (Å²) in [4.78, 5) is 45.3. The quantitative estimate of drug-likeness (QED) is 0.387. The fourth-order valence-electron chi connectivity index (χ4n) is 4.26. The topological polar surface area (TPSA) is 121 Å². The maximum absolute atomic E-state index is 13.1. The number of ketones is 1. The minimum absolute atomic E-state index is 0.0379. The molecule has 2 aromatic heterocycles. The Morgan fingerprint density at radius 1 is 0.944 bits per heavy atom. The van der Waals surface area contributed by atoms with Crippen molar-refractivity contribution in [3.63, 3.8) is 0 Å². The molecule has 0 bridgehead atoms. The van der Waals surface area contributed by atoms with E-state index in [9.17, 15) is 32.7 Å². The van der Waals surface area contributed by atoms with Crippen molar-refractivity contribution in [3.8, 4) is 11.1 Å². The molecule has 1 saturated carbocycles. The molecular formula is C25H21F3N4O4. The SMILES string of the molecule is O=C(Nc1cccc(C(F)(F)F)c1)Nc1ccc(-c2cccnc2C(=O)[C@@H]2CCC[C@H]2C(=O)O)cn1. The lowest BCUT2D eigenvalue weighted by molar-refractivity contribution is -0.142. The third-order valence-corrected chi connectivity index (χ3v) is 5.97. The number of halogens is 3. The minimum Gasteiger partial charge on any atom is -0.481 e. The first-order valence-electron chi connectivity index (χ1n) is 11.1. The molecule has 186 valence electrons. The van der Waals surface area contributed by atoms with Crippen LogP contribution in [0.5, 0.6) is 0 Å². The first-order valence-corrected chi connectivity index (χ1v) is 11.1. The Morgan fingerprint density at radius 3 is 2.42 bits per heavy atom. The largest absolute Gasteiger partial charge is 0.481 e. The van der Waals surface area contributed by atoms with Crippen molar-refractivity contribution in [3.05, 3.63) is 72.2 Å². The number of nitrogens with zero attached hydrogens (tertiary/aromatic N) is 2. The molecule has 3 aromatic rings. The zero-order chi connectivity index (χ0) is 25.9. The summed E-state index contributed by atoms with van der Waals surface area (Å²) in [7, 11) is 0. The number of carbonyl (C=O) groups is 3. The summed E-state index contributed by atoms with van der Waals surface area (Å²) in [5, 5.41) is 14.2. The molecule has 8 nitrogen and oxygen atoms in total. The number of anilines is 2. The highest BCUT2D eigenvalue weighted by Gasteiger charge is 2.39. The van der Waals surface area contributed by atoms with Gasteiger partial charge in [0.05, 0.1) is 11.5 Å². The van der Waals surface area contributed by atoms with E-state index in [0.717, 1.165) is 12.1 Å². The zero-order valence-electron chi connectivity index (χ0n) is 18.7. The summed E-state index contributed by atoms with van der Waals surface area (Å²) in [6, 6.07) is 9.83. The molecule has 36 heavy (non-hydrogen) atoms. The molecule has 11 heteroatoms. The van der Waals surface area contributed by atoms with Crippen LogP contribution in [0.3, 0.4) is 0 Å². The molecule has 2 atom stereocenters. The first-order chi connectivity index (χ1) is 17.1. The van der Waals surface area contributed by atoms with Gasteiger partial charge in [0.2, 0.25) is 0 Å². The number of amides is 2. The lowest BCUT2D eigenvalue weighted by Gasteiger charge is -2.16. The van der Waals surface area contributed by atoms with Crippen LogP contribution in [0.15, 0.2) is 60.9 Å². The van der Waals surface area contributed by atoms with E-state index in [1.165, 1.54) is 30.6 Å². The van der Waals surface area contributed by atoms with E-state index in [4.69, 9.17) is 0 Å². The molecule has 0 radical (unpaired) electrons. The molecule has 2 heterocycles. The van der Waals surface area contributed by atoms with Gasteiger partial charge in [-0.3, -0.25) is 19.9 Å². The summed E-state index contributed by atoms with van der Waals surface area (Å²) < 4.78 is 38.6. The van der Waals surface area contributed by atoms with Crippen molar-refractivity contribution in [2.45, 2.75) is 25.4 Å². The third-order valence-electron chi connectivity index (χ3n) is 5.97. The van der Waals surface area contributed by atoms with E-state index in [0.29, 0.717) is 30.4 Å². The maximum atomic E-state index is 13.1. The zero-order valence-corrected chi connectivity index (χ0v) is 18.7. The lowest BCUT2D eigenvalue weighted by atomic mass is 9.88. The number of aromatic nitrogens is 2. The van der Waals surface area contributed by atoms with E-state index in [2.05, 4.69) is 20.6 Å². The Balaban J connectivity index is 1.47. The van der Waals surface area contributed by atoms with Crippen LogP contribution in [-0.2, 0) is 11.0 Å². The molecular weight excluding hydrogens is 477 g/mol. The molecule has 0 aliphatic heterocycles. The molecule has 3 N–H and O–H groups in total. The number of benzene rings is 1. The molecule has 1 aromatic carbocycles. The van der Waals surface area contributed by atoms with E-state index >= 15 is 0 Å². The van der Waals surface area contributed by atoms with Gasteiger partial charge >= 0.3 is 18.2 Å². The molecule has 1 aliphatic rings. The fraction of sp³-hybridized carbons (Fsp3) is 0.240. The first kappa shape index (κ1) is 24.8. The van der Waals surface area contributed by atoms with Crippen molar-refractivity contribution >= 4 is 29.3 Å². The van der Waals surface area contributed by atoms with Crippen LogP contribution < -0.4 is 10.6 Å². The second-order valence-corrected chi connectivity index (χ2v) is 8.34. The number of hydrogen-bond acceptors (Lipinski definition) is 5. The van der Waals surface area contributed by atoms with E-state index in [-0.39, 0.29) is 23.0 Å². The van der Waals surface area contributed by atoms with Gasteiger partial charge in [0.1, 0.15) is 11.5 Å². The number of urea groups is 1. The van der Waals surface area contributed by atoms with E-state index in [1.54, 1.807) is 18.2 Å². The minimum atomic E-state index is -4.54. The number of alkyl halides is 3. The van der Waals surface area contributed by atoms with Crippen LogP contribution in [-0.4, -0.2) is 32.9 Å². The Kier molecular flexibility index (Phi) is 7.00. The van der Waals surface area contributed by atoms with Crippen LogP contribution >= 0.6 is 0 Å². The molecule has 1 aliphatic carbocycles. The monoisotopic (exact) mass is 498 g/mol. The molecule has 0 spiro atoms. The van der Waals surface area contributed by atoms with Crippen LogP contribution in [0.4, 0.5) is 29.5 Å². The standard InChI is InChI=1S/C25H21F3N4O4/c26-25(27,28)15-4-1-5-16(12-15)31-24(36)32-20-10-9-14(13-30-20)17-8-3-11-29-21(17)22(33)18-6-2-7-19(18)23(34)35/h1,3-5,8-13,18-19H,2,6-7H2,(H,34,35)(H2,30,31,32,36)/t18-,19-/m1/s1. The van der Waals surface area contributed by atoms with Crippen molar-refractivity contribution in [2.24, 2.45) is 11.8 Å². The highest BCUT2D eigenvalue weighted by Crippen LogP contribution is 2.36. The van der Waals surface area contributed by atoms with Gasteiger partial charge in [-0.1, -0.05) is 18.6 Å². The highest BCUT2D eigenvalue weighted by atomic mass is 19.4. The number of nitrogens with one attached hydrogen (secondary N) is 2. The number of pyridine rings is 2. The van der Waals surface area contributed by atoms with Gasteiger partial charge in [-0.25, -0.2) is 9.78 Å². The van der Waals surface area contributed by atoms with Crippen LogP contribution in [0.25, 0.3) is 11.1 Å². The van der Waals surface area contributed by atoms with Gasteiger partial charge in [-0.2, -0.15) is 13.2 Å². The van der Waals surface area contributed by atoms with E-state index < -0.39 is 35.6 Å². The molecule has 1 fully saturated rings. The maximum Gasteiger partial charge on any atom is 0.416 e. The second-order valence-electron chi connectivity index (χ2n) is 8.34. The van der Waals surface area contributed by atoms with Crippen LogP contribution in [0, 0.1) is 11.8 Å². The van der Waals surface area contributed by atoms with Crippen molar-refractivity contribution < 1.29 is 32.7 Å². The Morgan fingerprint density at radius 2 is 1.72 bits per heavy atom. The summed E-state index contributed by atoms with van der Waals surface area (Å²) in [6.07, 6.45) is -0.0867. The summed E-state index contributed by atoms with van der Waals surface area (Å²) in [6.45, 7) is 0. The lowest BCUT2D eigenvalue weighted by Crippen LogP contribution is -2.26. The predicted octanol–water partition coefficient (Wildman–Crippen LogP) is 5.49. The molecule has 0 saturated heterocycles. The van der Waals surface area contributed by atoms with Gasteiger partial charge in [0.25, 0.3) is 0 Å². The van der Waals surface area contributed by atoms with Gasteiger partial charge < -0.3 is 10.4 Å². The number of hydrogen-bond donors (Lipinski definition) is 3. The average Bonchev–Trinajstić information content (AvgIpc) is 3.34. The summed E-state index contributed by atoms with van der Waals surface area (Å²) in [5.74, 6) is -2.60. The fourth-order valence-corrected chi connectivity index (χ4v) is 4.26. The van der Waals surface area contributed by atoms with Gasteiger partial charge in [-0.15, -0.1) is 0 Å². The second kappa shape index (κ2) is 10.1. The van der Waals surface area contributed by atoms with Crippen molar-refractivity contribution in [1.29, 1.82) is 0 Å². The van der Waals surface area contributed by atoms with Crippen LogP contribution in [0.1, 0.15) is 35.3 Å². The average molecular weight is 498 g/mol. The van der Waals surface area contributed by atoms with Crippen LogP contribution in [0.2, 0.25) is 0 Å². The van der Waals surface area contributed by atoms with Gasteiger partial charge in [0, 0.05) is 35.1 Å². The third kappa shape index (κ3) is 5.51. The summed E-state index contributed by atoms with van der Waals surface area (Å²) in [5.41, 5.74) is 0.229. The van der Waals surface area contributed by atoms with Crippen molar-refractivity contribution in [1.82, 2.24) is 9.97 Å². The summed E-state index contributed by atoms with van der Waals surface area (Å²) >= 11 is 0. The smallest absolute Gasteiger partial charge is 0.416 e. The number of aliphatic carboxylic acids is 1. The number of carbonyl (C=O) groups excluding carboxylic acids is 2. The van der Waals surface area contributed by atoms with Gasteiger partial charge in [-0.05, 0) is 49.2 Å². The number of Topliss-reactive ketones (excluding diaryl/α,β-unsaturated/α-hetero) is 1. The van der Waals surface area contributed by atoms with Gasteiger partial charge in [0.15, 0.2) is 5.78 Å². The van der Waals surface area contributed by atoms with Crippen molar-refractivity contribution in [2.75, 3.05) is 10.6 Å². The number of carboxylic acid groups (broad SMARTS) is 1. The Hall–Kier alpha value is -4.28. The normalized spacial score (nSPS) is 17.4. The predicted molar refractivity (Wildman–Crippen MR) is 124 cm³/mol. The Bertz CT molecular complexity index is 1290. The Labute approximate surface area is 203 Å². The molecule has 4 rings (SSSR count). The molecule has 2 amide bonds. The number of carboxylic acids is 1.